The molecule has 0 bridgehead atoms. The van der Waals surface area contributed by atoms with E-state index in [-0.39, 0.29) is 19.1 Å². The molecule has 2 aliphatic heterocycles. The molecule has 0 saturated carbocycles. The van der Waals surface area contributed by atoms with E-state index in [9.17, 15) is 22.4 Å². The molecule has 1 atom stereocenters. The number of ether oxygens (including phenoxy) is 1. The number of anilines is 2. The lowest BCUT2D eigenvalue weighted by Crippen LogP contribution is -2.48. The highest BCUT2D eigenvalue weighted by Crippen LogP contribution is 2.28. The maximum atomic E-state index is 14.9. The summed E-state index contributed by atoms with van der Waals surface area (Å²) in [6, 6.07) is 7.90. The van der Waals surface area contributed by atoms with Crippen molar-refractivity contribution in [3.8, 4) is 0 Å². The van der Waals surface area contributed by atoms with E-state index in [0.29, 0.717) is 43.3 Å². The first kappa shape index (κ1) is 23.8. The maximum absolute atomic E-state index is 14.9. The molecule has 4 rings (SSSR count). The third kappa shape index (κ3) is 5.75. The van der Waals surface area contributed by atoms with Crippen molar-refractivity contribution in [3.63, 3.8) is 0 Å². The van der Waals surface area contributed by atoms with Crippen LogP contribution in [0.1, 0.15) is 5.76 Å². The van der Waals surface area contributed by atoms with Crippen LogP contribution in [-0.4, -0.2) is 77.0 Å². The molecule has 182 valence electrons. The Hall–Kier alpha value is -3.38. The van der Waals surface area contributed by atoms with Crippen LogP contribution in [0.3, 0.4) is 0 Å². The van der Waals surface area contributed by atoms with Crippen molar-refractivity contribution < 1.29 is 35.7 Å². The zero-order valence-electron chi connectivity index (χ0n) is 18.4. The highest BCUT2D eigenvalue weighted by Gasteiger charge is 2.34. The zero-order valence-corrected chi connectivity index (χ0v) is 19.2. The molecule has 1 aromatic carbocycles. The van der Waals surface area contributed by atoms with Crippen LogP contribution in [0.4, 0.5) is 20.6 Å². The van der Waals surface area contributed by atoms with Crippen LogP contribution in [0.25, 0.3) is 6.08 Å². The summed E-state index contributed by atoms with van der Waals surface area (Å²) in [5, 5.41) is 0. The second kappa shape index (κ2) is 9.85. The molecular formula is C22H24FN3O7S. The van der Waals surface area contributed by atoms with Gasteiger partial charge in [-0.05, 0) is 36.4 Å². The number of nitrogens with zero attached hydrogens (tertiary/aromatic N) is 3. The minimum Gasteiger partial charge on any atom is -0.465 e. The van der Waals surface area contributed by atoms with E-state index in [1.807, 2.05) is 4.90 Å². The predicted octanol–water partition coefficient (Wildman–Crippen LogP) is 2.08. The van der Waals surface area contributed by atoms with Gasteiger partial charge in [0.2, 0.25) is 5.91 Å². The van der Waals surface area contributed by atoms with E-state index in [0.717, 1.165) is 6.26 Å². The highest BCUT2D eigenvalue weighted by atomic mass is 32.2. The first-order valence-electron chi connectivity index (χ1n) is 10.6. The lowest BCUT2D eigenvalue weighted by Gasteiger charge is -2.36. The van der Waals surface area contributed by atoms with E-state index in [1.165, 1.54) is 23.3 Å². The topological polar surface area (TPSA) is 110 Å². The number of benzene rings is 1. The Labute approximate surface area is 196 Å². The van der Waals surface area contributed by atoms with Gasteiger partial charge < -0.3 is 19.0 Å². The number of hydrogen-bond acceptors (Lipinski definition) is 8. The fourth-order valence-corrected chi connectivity index (χ4v) is 4.15. The van der Waals surface area contributed by atoms with Crippen molar-refractivity contribution in [2.75, 3.05) is 55.4 Å². The molecule has 1 aromatic heterocycles. The Kier molecular flexibility index (Phi) is 6.89. The molecule has 3 heterocycles. The number of rotatable bonds is 7. The Morgan fingerprint density at radius 3 is 2.65 bits per heavy atom. The molecule has 34 heavy (non-hydrogen) atoms. The van der Waals surface area contributed by atoms with Gasteiger partial charge in [-0.25, -0.2) is 9.18 Å². The second-order valence-corrected chi connectivity index (χ2v) is 9.55. The molecule has 0 N–H and O–H groups in total. The number of halogens is 1. The normalized spacial score (nSPS) is 19.2. The van der Waals surface area contributed by atoms with Gasteiger partial charge in [0.15, 0.2) is 0 Å². The van der Waals surface area contributed by atoms with Crippen molar-refractivity contribution in [1.29, 1.82) is 0 Å². The molecule has 0 aliphatic carbocycles. The summed E-state index contributed by atoms with van der Waals surface area (Å²) >= 11 is 0. The van der Waals surface area contributed by atoms with Crippen molar-refractivity contribution in [3.05, 3.63) is 54.2 Å². The Balaban J connectivity index is 1.34. The first-order valence-corrected chi connectivity index (χ1v) is 12.4. The molecule has 0 spiro atoms. The number of furan rings is 1. The molecule has 10 nitrogen and oxygen atoms in total. The van der Waals surface area contributed by atoms with Gasteiger partial charge in [0.1, 0.15) is 24.3 Å². The van der Waals surface area contributed by atoms with Crippen LogP contribution in [0.15, 0.2) is 47.1 Å². The summed E-state index contributed by atoms with van der Waals surface area (Å²) in [5.74, 6) is -0.0716. The quantitative estimate of drug-likeness (QED) is 0.426. The molecule has 2 fully saturated rings. The van der Waals surface area contributed by atoms with Crippen LogP contribution in [-0.2, 0) is 23.8 Å². The van der Waals surface area contributed by atoms with Gasteiger partial charge in [-0.15, -0.1) is 0 Å². The average molecular weight is 494 g/mol. The number of hydrogen-bond donors (Lipinski definition) is 0. The van der Waals surface area contributed by atoms with Gasteiger partial charge in [0.25, 0.3) is 10.1 Å². The predicted molar refractivity (Wildman–Crippen MR) is 121 cm³/mol. The van der Waals surface area contributed by atoms with E-state index >= 15 is 0 Å². The summed E-state index contributed by atoms with van der Waals surface area (Å²) in [4.78, 5) is 29.3. The summed E-state index contributed by atoms with van der Waals surface area (Å²) in [6.45, 7) is 1.51. The second-order valence-electron chi connectivity index (χ2n) is 7.90. The minimum atomic E-state index is -3.67. The van der Waals surface area contributed by atoms with Gasteiger partial charge in [-0.2, -0.15) is 8.42 Å². The van der Waals surface area contributed by atoms with Gasteiger partial charge in [0.05, 0.1) is 30.4 Å². The van der Waals surface area contributed by atoms with Crippen LogP contribution >= 0.6 is 0 Å². The molecule has 2 aromatic rings. The molecule has 2 saturated heterocycles. The zero-order chi connectivity index (χ0) is 24.3. The van der Waals surface area contributed by atoms with Gasteiger partial charge in [0, 0.05) is 32.3 Å². The summed E-state index contributed by atoms with van der Waals surface area (Å²) in [6.07, 6.45) is 4.01. The molecule has 0 unspecified atom stereocenters. The van der Waals surface area contributed by atoms with Crippen LogP contribution in [0, 0.1) is 5.82 Å². The Morgan fingerprint density at radius 1 is 1.24 bits per heavy atom. The van der Waals surface area contributed by atoms with E-state index < -0.39 is 28.1 Å². The van der Waals surface area contributed by atoms with Crippen molar-refractivity contribution in [2.45, 2.75) is 6.10 Å². The molecule has 12 heteroatoms. The number of piperazine rings is 1. The smallest absolute Gasteiger partial charge is 0.414 e. The number of carbonyl (C=O) groups is 2. The van der Waals surface area contributed by atoms with Gasteiger partial charge in [-0.3, -0.25) is 13.9 Å². The maximum Gasteiger partial charge on any atom is 0.414 e. The lowest BCUT2D eigenvalue weighted by molar-refractivity contribution is -0.126. The first-order chi connectivity index (χ1) is 16.2. The van der Waals surface area contributed by atoms with Gasteiger partial charge in [-0.1, -0.05) is 0 Å². The van der Waals surface area contributed by atoms with Crippen LogP contribution in [0.2, 0.25) is 0 Å². The van der Waals surface area contributed by atoms with Gasteiger partial charge >= 0.3 is 6.09 Å². The van der Waals surface area contributed by atoms with Crippen molar-refractivity contribution in [1.82, 2.24) is 4.90 Å². The standard InChI is InChI=1S/C22H24FN3O7S/c1-34(29,30)32-15-18-14-26(22(28)33-18)16-4-6-20(19(23)13-16)24-8-10-25(11-9-24)21(27)7-5-17-3-2-12-31-17/h2-7,12-13,18H,8-11,14-15H2,1H3/b7-5+/t18-/m1/s1. The number of carbonyl (C=O) groups excluding carboxylic acids is 2. The fraction of sp³-hybridized carbons (Fsp3) is 0.364. The summed E-state index contributed by atoms with van der Waals surface area (Å²) in [5.41, 5.74) is 0.663. The fourth-order valence-electron chi connectivity index (χ4n) is 3.75. The Bertz CT molecular complexity index is 1180. The third-order valence-electron chi connectivity index (χ3n) is 5.45. The van der Waals surface area contributed by atoms with E-state index in [4.69, 9.17) is 9.15 Å². The van der Waals surface area contributed by atoms with Crippen molar-refractivity contribution in [2.24, 2.45) is 0 Å². The average Bonchev–Trinajstić information content (AvgIpc) is 3.45. The summed E-state index contributed by atoms with van der Waals surface area (Å²) in [7, 11) is -3.67. The van der Waals surface area contributed by atoms with Crippen molar-refractivity contribution >= 4 is 39.6 Å². The highest BCUT2D eigenvalue weighted by molar-refractivity contribution is 7.85. The molecule has 2 amide bonds. The number of cyclic esters (lactones) is 1. The SMILES string of the molecule is CS(=O)(=O)OC[C@H]1CN(c2ccc(N3CCN(C(=O)/C=C/c4ccco4)CC3)c(F)c2)C(=O)O1. The van der Waals surface area contributed by atoms with E-state index in [2.05, 4.69) is 4.18 Å². The van der Waals surface area contributed by atoms with Crippen LogP contribution < -0.4 is 9.80 Å². The third-order valence-corrected chi connectivity index (χ3v) is 6.01. The number of amides is 2. The lowest BCUT2D eigenvalue weighted by atomic mass is 10.2. The molecule has 2 aliphatic rings. The Morgan fingerprint density at radius 2 is 2.00 bits per heavy atom. The molecular weight excluding hydrogens is 469 g/mol. The largest absolute Gasteiger partial charge is 0.465 e. The minimum absolute atomic E-state index is 0.0411. The van der Waals surface area contributed by atoms with Crippen LogP contribution in [0.5, 0.6) is 0 Å². The summed E-state index contributed by atoms with van der Waals surface area (Å²) < 4.78 is 52.1. The van der Waals surface area contributed by atoms with E-state index in [1.54, 1.807) is 35.2 Å². The molecule has 0 radical (unpaired) electrons. The monoisotopic (exact) mass is 493 g/mol.